The maximum Gasteiger partial charge on any atom is 0.270 e. The monoisotopic (exact) mass is 432 g/mol. The summed E-state index contributed by atoms with van der Waals surface area (Å²) in [6.07, 6.45) is 5.16. The first-order valence-corrected chi connectivity index (χ1v) is 10.0. The van der Waals surface area contributed by atoms with E-state index in [1.807, 2.05) is 6.07 Å². The topological polar surface area (TPSA) is 84.4 Å². The molecule has 0 unspecified atom stereocenters. The largest absolute Gasteiger partial charge is 0.454 e. The molecule has 1 aliphatic rings. The Morgan fingerprint density at radius 1 is 1.22 bits per heavy atom. The molecule has 0 bridgehead atoms. The molecule has 4 rings (SSSR count). The van der Waals surface area contributed by atoms with Crippen molar-refractivity contribution in [3.63, 3.8) is 0 Å². The predicted molar refractivity (Wildman–Crippen MR) is 117 cm³/mol. The molecule has 1 aromatic carbocycles. The average Bonchev–Trinajstić information content (AvgIpc) is 2.91. The smallest absolute Gasteiger partial charge is 0.270 e. The van der Waals surface area contributed by atoms with Crippen LogP contribution in [0.2, 0.25) is 0 Å². The number of pyridine rings is 2. The van der Waals surface area contributed by atoms with Crippen LogP contribution in [0.3, 0.4) is 0 Å². The lowest BCUT2D eigenvalue weighted by Gasteiger charge is -2.24. The Kier molecular flexibility index (Phi) is 5.93. The van der Waals surface area contributed by atoms with Crippen LogP contribution in [0.25, 0.3) is 0 Å². The third kappa shape index (κ3) is 4.20. The third-order valence-electron chi connectivity index (χ3n) is 5.28. The molecular weight excluding hydrogens is 411 g/mol. The van der Waals surface area contributed by atoms with Gasteiger partial charge in [-0.25, -0.2) is 9.37 Å². The Balaban J connectivity index is 1.56. The zero-order valence-corrected chi connectivity index (χ0v) is 17.4. The highest BCUT2D eigenvalue weighted by Crippen LogP contribution is 2.28. The van der Waals surface area contributed by atoms with Crippen LogP contribution in [0.4, 0.5) is 10.2 Å². The van der Waals surface area contributed by atoms with Gasteiger partial charge in [0.05, 0.1) is 0 Å². The minimum Gasteiger partial charge on any atom is -0.454 e. The summed E-state index contributed by atoms with van der Waals surface area (Å²) in [6, 6.07) is 11.7. The van der Waals surface area contributed by atoms with E-state index in [1.165, 1.54) is 35.4 Å². The van der Waals surface area contributed by atoms with Crippen molar-refractivity contribution in [2.45, 2.75) is 12.5 Å². The van der Waals surface area contributed by atoms with Crippen LogP contribution in [-0.4, -0.2) is 34.9 Å². The number of fused-ring (bicyclic) bond motifs is 1. The Bertz CT molecular complexity index is 1180. The van der Waals surface area contributed by atoms with Gasteiger partial charge in [-0.3, -0.25) is 19.5 Å². The van der Waals surface area contributed by atoms with E-state index in [0.717, 1.165) is 5.56 Å². The molecule has 1 aliphatic heterocycles. The summed E-state index contributed by atoms with van der Waals surface area (Å²) in [4.78, 5) is 35.9. The predicted octanol–water partition coefficient (Wildman–Crippen LogP) is 3.53. The van der Waals surface area contributed by atoms with Crippen LogP contribution in [-0.2, 0) is 11.2 Å². The molecule has 0 fully saturated rings. The van der Waals surface area contributed by atoms with Gasteiger partial charge in [0, 0.05) is 31.4 Å². The van der Waals surface area contributed by atoms with Gasteiger partial charge < -0.3 is 10.1 Å². The number of carbonyl (C=O) groups is 2. The molecule has 2 aromatic heterocycles. The fourth-order valence-electron chi connectivity index (χ4n) is 3.62. The molecule has 162 valence electrons. The second kappa shape index (κ2) is 8.97. The van der Waals surface area contributed by atoms with Gasteiger partial charge in [-0.2, -0.15) is 0 Å². The number of likely N-dealkylation sites (N-methyl/N-ethyl adjacent to an activating group) is 1. The fraction of sp³-hybridized carbons (Fsp3) is 0.167. The first-order chi connectivity index (χ1) is 15.5. The molecule has 1 N–H and O–H groups in total. The molecule has 0 spiro atoms. The number of para-hydroxylation sites is 1. The van der Waals surface area contributed by atoms with E-state index < -0.39 is 17.8 Å². The Morgan fingerprint density at radius 2 is 2.03 bits per heavy atom. The Labute approximate surface area is 184 Å². The van der Waals surface area contributed by atoms with Gasteiger partial charge in [-0.1, -0.05) is 24.3 Å². The number of nitrogens with zero attached hydrogens (tertiary/aromatic N) is 3. The van der Waals surface area contributed by atoms with Crippen molar-refractivity contribution in [1.82, 2.24) is 15.3 Å². The molecule has 2 atom stereocenters. The van der Waals surface area contributed by atoms with E-state index >= 15 is 0 Å². The standard InChI is InChI=1S/C24H21FN4O3/c1-3-15-13-16-7-6-11-27-22(16)29(2)24(31)21(15)28-23(30)19-14-17(10-12-26-19)32-20-9-5-4-8-18(20)25/h3-12,14-15,21H,1,13H2,2H3,(H,28,30)/t15-,21-/m1/s1. The minimum absolute atomic E-state index is 0.0302. The summed E-state index contributed by atoms with van der Waals surface area (Å²) in [5, 5.41) is 2.77. The summed E-state index contributed by atoms with van der Waals surface area (Å²) < 4.78 is 19.4. The zero-order chi connectivity index (χ0) is 22.7. The highest BCUT2D eigenvalue weighted by atomic mass is 19.1. The molecule has 8 heteroatoms. The van der Waals surface area contributed by atoms with E-state index in [-0.39, 0.29) is 29.0 Å². The number of halogens is 1. The fourth-order valence-corrected chi connectivity index (χ4v) is 3.62. The zero-order valence-electron chi connectivity index (χ0n) is 17.4. The van der Waals surface area contributed by atoms with Crippen LogP contribution in [0, 0.1) is 11.7 Å². The maximum absolute atomic E-state index is 13.9. The Hall–Kier alpha value is -4.07. The summed E-state index contributed by atoms with van der Waals surface area (Å²) in [7, 11) is 1.62. The van der Waals surface area contributed by atoms with E-state index in [9.17, 15) is 14.0 Å². The Morgan fingerprint density at radius 3 is 2.81 bits per heavy atom. The van der Waals surface area contributed by atoms with Gasteiger partial charge in [-0.15, -0.1) is 6.58 Å². The van der Waals surface area contributed by atoms with Crippen LogP contribution in [0.1, 0.15) is 16.1 Å². The van der Waals surface area contributed by atoms with Crippen molar-refractivity contribution >= 4 is 17.6 Å². The molecular formula is C24H21FN4O3. The molecule has 3 aromatic rings. The second-order valence-corrected chi connectivity index (χ2v) is 7.35. The van der Waals surface area contributed by atoms with Gasteiger partial charge in [0.15, 0.2) is 11.6 Å². The van der Waals surface area contributed by atoms with Crippen molar-refractivity contribution in [3.8, 4) is 11.5 Å². The van der Waals surface area contributed by atoms with Gasteiger partial charge in [0.1, 0.15) is 23.3 Å². The number of anilines is 1. The molecule has 0 saturated heterocycles. The molecule has 0 radical (unpaired) electrons. The van der Waals surface area contributed by atoms with Crippen molar-refractivity contribution in [2.24, 2.45) is 5.92 Å². The van der Waals surface area contributed by atoms with Gasteiger partial charge in [0.25, 0.3) is 11.8 Å². The van der Waals surface area contributed by atoms with Crippen LogP contribution < -0.4 is 15.0 Å². The third-order valence-corrected chi connectivity index (χ3v) is 5.28. The first-order valence-electron chi connectivity index (χ1n) is 10.0. The minimum atomic E-state index is -0.850. The summed E-state index contributed by atoms with van der Waals surface area (Å²) >= 11 is 0. The summed E-state index contributed by atoms with van der Waals surface area (Å²) in [5.74, 6) is -0.888. The number of rotatable bonds is 5. The number of benzene rings is 1. The number of carbonyl (C=O) groups excluding carboxylic acids is 2. The molecule has 2 amide bonds. The molecule has 7 nitrogen and oxygen atoms in total. The number of ether oxygens (including phenoxy) is 1. The average molecular weight is 432 g/mol. The van der Waals surface area contributed by atoms with Crippen molar-refractivity contribution in [1.29, 1.82) is 0 Å². The summed E-state index contributed by atoms with van der Waals surface area (Å²) in [5.41, 5.74) is 0.931. The normalized spacial score (nSPS) is 17.8. The lowest BCUT2D eigenvalue weighted by molar-refractivity contribution is -0.120. The number of hydrogen-bond acceptors (Lipinski definition) is 5. The van der Waals surface area contributed by atoms with Crippen LogP contribution in [0.5, 0.6) is 11.5 Å². The van der Waals surface area contributed by atoms with Gasteiger partial charge in [0.2, 0.25) is 0 Å². The first kappa shape index (κ1) is 21.2. The van der Waals surface area contributed by atoms with Crippen molar-refractivity contribution in [2.75, 3.05) is 11.9 Å². The summed E-state index contributed by atoms with van der Waals surface area (Å²) in [6.45, 7) is 3.84. The highest BCUT2D eigenvalue weighted by Gasteiger charge is 2.36. The maximum atomic E-state index is 13.9. The lowest BCUT2D eigenvalue weighted by Crippen LogP contribution is -2.50. The van der Waals surface area contributed by atoms with Gasteiger partial charge >= 0.3 is 0 Å². The number of amides is 2. The van der Waals surface area contributed by atoms with Crippen molar-refractivity contribution < 1.29 is 18.7 Å². The SMILES string of the molecule is C=C[C@@H]1Cc2cccnc2N(C)C(=O)[C@@H]1NC(=O)c1cc(Oc2ccccc2F)ccn1. The van der Waals surface area contributed by atoms with E-state index in [4.69, 9.17) is 4.74 Å². The van der Waals surface area contributed by atoms with E-state index in [0.29, 0.717) is 12.2 Å². The van der Waals surface area contributed by atoms with Crippen molar-refractivity contribution in [3.05, 3.63) is 90.7 Å². The number of hydrogen-bond donors (Lipinski definition) is 1. The molecule has 32 heavy (non-hydrogen) atoms. The van der Waals surface area contributed by atoms with Crippen LogP contribution in [0.15, 0.2) is 73.6 Å². The van der Waals surface area contributed by atoms with Crippen LogP contribution >= 0.6 is 0 Å². The molecule has 3 heterocycles. The molecule has 0 saturated carbocycles. The van der Waals surface area contributed by atoms with E-state index in [1.54, 1.807) is 37.5 Å². The second-order valence-electron chi connectivity index (χ2n) is 7.35. The van der Waals surface area contributed by atoms with E-state index in [2.05, 4.69) is 21.9 Å². The quantitative estimate of drug-likeness (QED) is 0.624. The molecule has 0 aliphatic carbocycles. The number of nitrogens with one attached hydrogen (secondary N) is 1. The lowest BCUT2D eigenvalue weighted by atomic mass is 9.93. The van der Waals surface area contributed by atoms with Gasteiger partial charge in [-0.05, 0) is 36.2 Å². The number of aromatic nitrogens is 2. The highest BCUT2D eigenvalue weighted by molar-refractivity contribution is 6.02.